The molecule has 2 amide bonds. The zero-order chi connectivity index (χ0) is 29.7. The Bertz CT molecular complexity index is 1340. The molecule has 0 bridgehead atoms. The van der Waals surface area contributed by atoms with E-state index in [-0.39, 0.29) is 12.3 Å². The number of primary amides is 1. The van der Waals surface area contributed by atoms with E-state index in [9.17, 15) is 9.59 Å². The SMILES string of the molecule is CO.Cc1cc(C#N)nc(N2CCN(Sc3ccc(-c4ccc(C(=O)N(C)C)c(C=O)c4)cc3)CC2)n1.NC=O. The maximum Gasteiger partial charge on any atom is 0.254 e. The third kappa shape index (κ3) is 8.60. The summed E-state index contributed by atoms with van der Waals surface area (Å²) in [4.78, 5) is 46.0. The lowest BCUT2D eigenvalue weighted by molar-refractivity contribution is -0.106. The van der Waals surface area contributed by atoms with Gasteiger partial charge in [0.05, 0.1) is 5.56 Å². The van der Waals surface area contributed by atoms with E-state index < -0.39 is 0 Å². The van der Waals surface area contributed by atoms with E-state index in [4.69, 9.17) is 15.2 Å². The Kier molecular flexibility index (Phi) is 12.7. The van der Waals surface area contributed by atoms with Crippen molar-refractivity contribution in [2.45, 2.75) is 11.8 Å². The molecule has 1 aliphatic rings. The number of hydrogen-bond donors (Lipinski definition) is 2. The number of aldehydes is 1. The van der Waals surface area contributed by atoms with Crippen molar-refractivity contribution in [1.29, 1.82) is 5.26 Å². The largest absolute Gasteiger partial charge is 0.400 e. The van der Waals surface area contributed by atoms with Crippen molar-refractivity contribution in [3.8, 4) is 17.2 Å². The summed E-state index contributed by atoms with van der Waals surface area (Å²) in [5, 5.41) is 16.2. The van der Waals surface area contributed by atoms with Crippen LogP contribution in [0, 0.1) is 18.3 Å². The molecule has 1 saturated heterocycles. The first-order chi connectivity index (χ1) is 19.3. The van der Waals surface area contributed by atoms with Gasteiger partial charge in [-0.3, -0.25) is 14.4 Å². The number of anilines is 1. The van der Waals surface area contributed by atoms with Crippen molar-refractivity contribution in [2.75, 3.05) is 52.3 Å². The van der Waals surface area contributed by atoms with E-state index in [1.807, 2.05) is 25.1 Å². The van der Waals surface area contributed by atoms with Gasteiger partial charge in [-0.2, -0.15) is 5.26 Å². The van der Waals surface area contributed by atoms with Gasteiger partial charge in [-0.1, -0.05) is 18.2 Å². The molecule has 2 heterocycles. The average molecular weight is 564 g/mol. The van der Waals surface area contributed by atoms with E-state index in [1.165, 1.54) is 4.90 Å². The Morgan fingerprint density at radius 2 is 1.62 bits per heavy atom. The number of carbonyl (C=O) groups is 3. The molecule has 1 fully saturated rings. The molecule has 40 heavy (non-hydrogen) atoms. The highest BCUT2D eigenvalue weighted by Crippen LogP contribution is 2.29. The molecule has 0 radical (unpaired) electrons. The molecule has 11 nitrogen and oxygen atoms in total. The highest BCUT2D eigenvalue weighted by atomic mass is 32.2. The van der Waals surface area contributed by atoms with E-state index in [0.717, 1.165) is 61.3 Å². The molecule has 1 aliphatic heterocycles. The first-order valence-corrected chi connectivity index (χ1v) is 13.0. The van der Waals surface area contributed by atoms with Crippen LogP contribution in [0.1, 0.15) is 32.1 Å². The maximum absolute atomic E-state index is 12.3. The molecule has 12 heteroatoms. The van der Waals surface area contributed by atoms with Gasteiger partial charge in [0, 0.05) is 63.5 Å². The monoisotopic (exact) mass is 563 g/mol. The zero-order valence-corrected chi connectivity index (χ0v) is 23.8. The Balaban J connectivity index is 0.00000105. The molecule has 0 spiro atoms. The number of aryl methyl sites for hydroxylation is 1. The predicted octanol–water partition coefficient (Wildman–Crippen LogP) is 2.38. The summed E-state index contributed by atoms with van der Waals surface area (Å²) >= 11 is 1.70. The van der Waals surface area contributed by atoms with Crippen molar-refractivity contribution in [3.05, 3.63) is 71.0 Å². The Morgan fingerprint density at radius 3 is 2.17 bits per heavy atom. The second-order valence-electron chi connectivity index (χ2n) is 8.59. The molecule has 1 aromatic heterocycles. The van der Waals surface area contributed by atoms with Crippen LogP contribution in [0.5, 0.6) is 0 Å². The van der Waals surface area contributed by atoms with Gasteiger partial charge in [-0.15, -0.1) is 0 Å². The Hall–Kier alpha value is -4.31. The van der Waals surface area contributed by atoms with Crippen LogP contribution >= 0.6 is 11.9 Å². The highest BCUT2D eigenvalue weighted by molar-refractivity contribution is 7.97. The number of aromatic nitrogens is 2. The minimum absolute atomic E-state index is 0.190. The van der Waals surface area contributed by atoms with Crippen LogP contribution < -0.4 is 10.6 Å². The summed E-state index contributed by atoms with van der Waals surface area (Å²) in [6.07, 6.45) is 0.979. The molecule has 0 saturated carbocycles. The molecule has 3 aromatic rings. The van der Waals surface area contributed by atoms with Gasteiger partial charge in [-0.25, -0.2) is 14.3 Å². The third-order valence-corrected chi connectivity index (χ3v) is 6.82. The number of aliphatic hydroxyl groups excluding tert-OH is 1. The van der Waals surface area contributed by atoms with Gasteiger partial charge in [0.2, 0.25) is 12.4 Å². The smallest absolute Gasteiger partial charge is 0.254 e. The summed E-state index contributed by atoms with van der Waals surface area (Å²) in [5.74, 6) is 0.425. The fourth-order valence-corrected chi connectivity index (χ4v) is 4.77. The second kappa shape index (κ2) is 15.9. The summed E-state index contributed by atoms with van der Waals surface area (Å²) in [7, 11) is 4.34. The Labute approximate surface area is 238 Å². The number of carbonyl (C=O) groups excluding carboxylic acids is 3. The first-order valence-electron chi connectivity index (χ1n) is 12.2. The Morgan fingerprint density at radius 1 is 1.02 bits per heavy atom. The average Bonchev–Trinajstić information content (AvgIpc) is 2.98. The number of nitrogens with zero attached hydrogens (tertiary/aromatic N) is 6. The lowest BCUT2D eigenvalue weighted by Crippen LogP contribution is -2.44. The molecule has 210 valence electrons. The minimum Gasteiger partial charge on any atom is -0.400 e. The minimum atomic E-state index is -0.190. The van der Waals surface area contributed by atoms with E-state index in [1.54, 1.807) is 44.2 Å². The number of rotatable bonds is 6. The fraction of sp³-hybridized carbons (Fsp3) is 0.286. The number of amides is 2. The lowest BCUT2D eigenvalue weighted by Gasteiger charge is -2.33. The molecule has 3 N–H and O–H groups in total. The van der Waals surface area contributed by atoms with Gasteiger partial charge >= 0.3 is 0 Å². The van der Waals surface area contributed by atoms with Crippen LogP contribution in [0.2, 0.25) is 0 Å². The number of aliphatic hydroxyl groups is 1. The third-order valence-electron chi connectivity index (χ3n) is 5.72. The van der Waals surface area contributed by atoms with Crippen LogP contribution in [0.3, 0.4) is 0 Å². The maximum atomic E-state index is 12.3. The van der Waals surface area contributed by atoms with E-state index in [2.05, 4.69) is 43.1 Å². The zero-order valence-electron chi connectivity index (χ0n) is 22.9. The number of hydrogen-bond acceptors (Lipinski definition) is 10. The number of piperazine rings is 1. The quantitative estimate of drug-likeness (QED) is 0.337. The summed E-state index contributed by atoms with van der Waals surface area (Å²) < 4.78 is 2.30. The summed E-state index contributed by atoms with van der Waals surface area (Å²) in [5.41, 5.74) is 8.02. The molecule has 2 aromatic carbocycles. The normalized spacial score (nSPS) is 12.6. The van der Waals surface area contributed by atoms with Gasteiger partial charge < -0.3 is 20.6 Å². The van der Waals surface area contributed by atoms with Crippen LogP contribution in [-0.2, 0) is 4.79 Å². The predicted molar refractivity (Wildman–Crippen MR) is 155 cm³/mol. The molecule has 0 aliphatic carbocycles. The summed E-state index contributed by atoms with van der Waals surface area (Å²) in [6, 6.07) is 17.3. The molecular formula is C28H33N7O4S. The van der Waals surface area contributed by atoms with Gasteiger partial charge in [0.1, 0.15) is 11.8 Å². The van der Waals surface area contributed by atoms with Crippen LogP contribution in [0.4, 0.5) is 5.95 Å². The number of nitrogens with two attached hydrogens (primary N) is 1. The van der Waals surface area contributed by atoms with Crippen molar-refractivity contribution in [1.82, 2.24) is 19.2 Å². The van der Waals surface area contributed by atoms with Crippen LogP contribution in [0.25, 0.3) is 11.1 Å². The highest BCUT2D eigenvalue weighted by Gasteiger charge is 2.21. The molecular weight excluding hydrogens is 530 g/mol. The first kappa shape index (κ1) is 31.9. The van der Waals surface area contributed by atoms with Crippen molar-refractivity contribution in [2.24, 2.45) is 5.73 Å². The standard InChI is InChI=1S/C26H26N6O2S.CH3NO.CH4O/c1-18-14-22(16-27)29-26(28-18)31-10-12-32(13-11-31)35-23-7-4-19(5-8-23)20-6-9-24(21(15-20)17-33)25(34)30(2)3;2-1-3;1-2/h4-9,14-15,17H,10-13H2,1-3H3;1H,(H2,2,3);2H,1H3. The van der Waals surface area contributed by atoms with Gasteiger partial charge in [-0.05, 0) is 60.3 Å². The second-order valence-corrected chi connectivity index (χ2v) is 9.76. The topological polar surface area (TPSA) is 157 Å². The van der Waals surface area contributed by atoms with Crippen LogP contribution in [-0.4, -0.2) is 90.3 Å². The van der Waals surface area contributed by atoms with Crippen molar-refractivity contribution >= 4 is 36.5 Å². The summed E-state index contributed by atoms with van der Waals surface area (Å²) in [6.45, 7) is 5.13. The van der Waals surface area contributed by atoms with Crippen LogP contribution in [0.15, 0.2) is 53.4 Å². The van der Waals surface area contributed by atoms with E-state index >= 15 is 0 Å². The molecule has 4 rings (SSSR count). The molecule has 0 unspecified atom stereocenters. The van der Waals surface area contributed by atoms with Crippen molar-refractivity contribution in [3.63, 3.8) is 0 Å². The fourth-order valence-electron chi connectivity index (χ4n) is 3.86. The van der Waals surface area contributed by atoms with E-state index in [0.29, 0.717) is 22.8 Å². The lowest BCUT2D eigenvalue weighted by atomic mass is 9.99. The number of benzene rings is 2. The van der Waals surface area contributed by atoms with Gasteiger partial charge in [0.15, 0.2) is 6.29 Å². The number of nitriles is 1. The van der Waals surface area contributed by atoms with Crippen molar-refractivity contribution < 1.29 is 19.5 Å². The van der Waals surface area contributed by atoms with Gasteiger partial charge in [0.25, 0.3) is 5.91 Å². The molecule has 0 atom stereocenters.